The third-order valence-electron chi connectivity index (χ3n) is 4.70. The Bertz CT molecular complexity index is 281. The molecule has 2 nitrogen and oxygen atoms in total. The molecule has 1 unspecified atom stereocenters. The molecule has 2 aliphatic carbocycles. The molecule has 3 rings (SSSR count). The Labute approximate surface area is 101 Å². The lowest BCUT2D eigenvalue weighted by atomic mass is 9.56. The summed E-state index contributed by atoms with van der Waals surface area (Å²) in [5.41, 5.74) is -1.00. The molecule has 1 spiro atoms. The van der Waals surface area contributed by atoms with Crippen LogP contribution in [-0.4, -0.2) is 38.1 Å². The van der Waals surface area contributed by atoms with Gasteiger partial charge in [0.15, 0.2) is 0 Å². The number of hydrogen-bond donors (Lipinski definition) is 1. The average molecular weight is 245 g/mol. The molecule has 1 saturated heterocycles. The molecular formula is C13H21F2NO. The third-order valence-corrected chi connectivity index (χ3v) is 4.70. The molecule has 1 N–H and O–H groups in total. The highest BCUT2D eigenvalue weighted by Gasteiger charge is 2.60. The number of halogens is 2. The summed E-state index contributed by atoms with van der Waals surface area (Å²) >= 11 is 0. The van der Waals surface area contributed by atoms with Crippen molar-refractivity contribution in [2.24, 2.45) is 11.3 Å². The van der Waals surface area contributed by atoms with E-state index in [1.165, 1.54) is 12.8 Å². The van der Waals surface area contributed by atoms with Gasteiger partial charge in [-0.05, 0) is 25.2 Å². The van der Waals surface area contributed by atoms with Crippen molar-refractivity contribution in [3.05, 3.63) is 0 Å². The van der Waals surface area contributed by atoms with Crippen molar-refractivity contribution in [3.8, 4) is 0 Å². The summed E-state index contributed by atoms with van der Waals surface area (Å²) in [5.74, 6) is 0.817. The van der Waals surface area contributed by atoms with Gasteiger partial charge in [-0.25, -0.2) is 0 Å². The summed E-state index contributed by atoms with van der Waals surface area (Å²) in [6, 6.07) is 0.315. The van der Waals surface area contributed by atoms with Crippen LogP contribution in [0.25, 0.3) is 0 Å². The van der Waals surface area contributed by atoms with Gasteiger partial charge in [0, 0.05) is 18.0 Å². The van der Waals surface area contributed by atoms with E-state index in [0.717, 1.165) is 18.9 Å². The fraction of sp³-hybridized carbons (Fsp3) is 1.00. The highest BCUT2D eigenvalue weighted by molar-refractivity contribution is 5.12. The van der Waals surface area contributed by atoms with Crippen molar-refractivity contribution >= 4 is 0 Å². The minimum atomic E-state index is -0.735. The van der Waals surface area contributed by atoms with E-state index in [4.69, 9.17) is 4.74 Å². The molecule has 4 heteroatoms. The second kappa shape index (κ2) is 4.16. The van der Waals surface area contributed by atoms with E-state index >= 15 is 0 Å². The lowest BCUT2D eigenvalue weighted by molar-refractivity contribution is -0.213. The monoisotopic (exact) mass is 245 g/mol. The van der Waals surface area contributed by atoms with Crippen LogP contribution in [0.5, 0.6) is 0 Å². The molecule has 3 fully saturated rings. The van der Waals surface area contributed by atoms with Crippen LogP contribution >= 0.6 is 0 Å². The average Bonchev–Trinajstić information content (AvgIpc) is 3.11. The van der Waals surface area contributed by atoms with Crippen molar-refractivity contribution in [1.29, 1.82) is 0 Å². The summed E-state index contributed by atoms with van der Waals surface area (Å²) in [5, 5.41) is 3.50. The molecule has 0 bridgehead atoms. The van der Waals surface area contributed by atoms with Crippen LogP contribution < -0.4 is 5.32 Å². The van der Waals surface area contributed by atoms with Crippen LogP contribution in [0.3, 0.4) is 0 Å². The maximum atomic E-state index is 12.9. The van der Waals surface area contributed by atoms with E-state index in [9.17, 15) is 8.78 Å². The van der Waals surface area contributed by atoms with Gasteiger partial charge >= 0.3 is 0 Å². The second-order valence-electron chi connectivity index (χ2n) is 6.22. The first-order chi connectivity index (χ1) is 8.22. The predicted molar refractivity (Wildman–Crippen MR) is 61.4 cm³/mol. The maximum absolute atomic E-state index is 12.9. The molecule has 3 aliphatic rings. The number of rotatable bonds is 4. The first-order valence-corrected chi connectivity index (χ1v) is 6.71. The second-order valence-corrected chi connectivity index (χ2v) is 6.22. The molecule has 2 saturated carbocycles. The van der Waals surface area contributed by atoms with Crippen molar-refractivity contribution < 1.29 is 13.5 Å². The molecule has 0 radical (unpaired) electrons. The molecule has 0 amide bonds. The Kier molecular flexibility index (Phi) is 2.90. The standard InChI is InChI=1S/C13H21F2NO/c14-8-12(9-15)6-13(7-12)11(5-10-1-2-10)16-3-4-17-13/h10-11,16H,1-9H2. The van der Waals surface area contributed by atoms with Gasteiger partial charge in [0.2, 0.25) is 0 Å². The summed E-state index contributed by atoms with van der Waals surface area (Å²) < 4.78 is 31.7. The van der Waals surface area contributed by atoms with Crippen LogP contribution in [0.15, 0.2) is 0 Å². The molecular weight excluding hydrogens is 224 g/mol. The zero-order chi connectivity index (χ0) is 11.9. The third kappa shape index (κ3) is 1.99. The molecule has 1 atom stereocenters. The van der Waals surface area contributed by atoms with Gasteiger partial charge in [-0.1, -0.05) is 12.8 Å². The van der Waals surface area contributed by atoms with Crippen molar-refractivity contribution in [3.63, 3.8) is 0 Å². The summed E-state index contributed by atoms with van der Waals surface area (Å²) in [7, 11) is 0. The Morgan fingerprint density at radius 1 is 1.18 bits per heavy atom. The number of alkyl halides is 2. The minimum Gasteiger partial charge on any atom is -0.372 e. The molecule has 0 aromatic heterocycles. The predicted octanol–water partition coefficient (Wildman–Crippen LogP) is 2.23. The van der Waals surface area contributed by atoms with Crippen LogP contribution in [-0.2, 0) is 4.74 Å². The lowest BCUT2D eigenvalue weighted by Crippen LogP contribution is -2.68. The smallest absolute Gasteiger partial charge is 0.0977 e. The van der Waals surface area contributed by atoms with Gasteiger partial charge in [-0.2, -0.15) is 0 Å². The summed E-state index contributed by atoms with van der Waals surface area (Å²) in [6.45, 7) is 0.447. The number of hydrogen-bond acceptors (Lipinski definition) is 2. The van der Waals surface area contributed by atoms with Gasteiger partial charge < -0.3 is 10.1 Å². The van der Waals surface area contributed by atoms with Crippen LogP contribution in [0.4, 0.5) is 8.78 Å². The first-order valence-electron chi connectivity index (χ1n) is 6.71. The van der Waals surface area contributed by atoms with E-state index in [-0.39, 0.29) is 5.60 Å². The summed E-state index contributed by atoms with van der Waals surface area (Å²) in [6.07, 6.45) is 4.85. The largest absolute Gasteiger partial charge is 0.372 e. The van der Waals surface area contributed by atoms with Crippen molar-refractivity contribution in [2.45, 2.75) is 43.7 Å². The molecule has 98 valence electrons. The van der Waals surface area contributed by atoms with E-state index in [1.54, 1.807) is 0 Å². The van der Waals surface area contributed by atoms with E-state index in [2.05, 4.69) is 5.32 Å². The van der Waals surface area contributed by atoms with Gasteiger partial charge in [0.25, 0.3) is 0 Å². The van der Waals surface area contributed by atoms with Gasteiger partial charge in [0.1, 0.15) is 0 Å². The maximum Gasteiger partial charge on any atom is 0.0977 e. The Morgan fingerprint density at radius 2 is 1.88 bits per heavy atom. The van der Waals surface area contributed by atoms with Crippen molar-refractivity contribution in [2.75, 3.05) is 26.5 Å². The highest BCUT2D eigenvalue weighted by atomic mass is 19.1. The number of morpholine rings is 1. The van der Waals surface area contributed by atoms with E-state index < -0.39 is 18.8 Å². The normalized spacial score (nSPS) is 34.6. The van der Waals surface area contributed by atoms with Crippen LogP contribution in [0.2, 0.25) is 0 Å². The fourth-order valence-corrected chi connectivity index (χ4v) is 3.55. The first kappa shape index (κ1) is 11.8. The Hall–Kier alpha value is -0.220. The van der Waals surface area contributed by atoms with Crippen LogP contribution in [0.1, 0.15) is 32.1 Å². The lowest BCUT2D eigenvalue weighted by Gasteiger charge is -2.59. The topological polar surface area (TPSA) is 21.3 Å². The molecule has 17 heavy (non-hydrogen) atoms. The molecule has 1 aliphatic heterocycles. The fourth-order valence-electron chi connectivity index (χ4n) is 3.55. The zero-order valence-corrected chi connectivity index (χ0v) is 10.2. The van der Waals surface area contributed by atoms with Gasteiger partial charge in [-0.3, -0.25) is 8.78 Å². The van der Waals surface area contributed by atoms with Gasteiger partial charge in [0.05, 0.1) is 25.6 Å². The zero-order valence-electron chi connectivity index (χ0n) is 10.2. The van der Waals surface area contributed by atoms with Gasteiger partial charge in [-0.15, -0.1) is 0 Å². The minimum absolute atomic E-state index is 0.265. The van der Waals surface area contributed by atoms with Crippen LogP contribution in [0, 0.1) is 11.3 Å². The Balaban J connectivity index is 1.67. The Morgan fingerprint density at radius 3 is 2.47 bits per heavy atom. The van der Waals surface area contributed by atoms with E-state index in [1.807, 2.05) is 0 Å². The number of ether oxygens (including phenoxy) is 1. The van der Waals surface area contributed by atoms with E-state index in [0.29, 0.717) is 25.5 Å². The molecule has 0 aromatic rings. The summed E-state index contributed by atoms with van der Waals surface area (Å²) in [4.78, 5) is 0. The quantitative estimate of drug-likeness (QED) is 0.820. The number of nitrogens with one attached hydrogen (secondary N) is 1. The highest BCUT2D eigenvalue weighted by Crippen LogP contribution is 2.55. The molecule has 1 heterocycles. The SMILES string of the molecule is FCC1(CF)CC2(C1)OCCNC2CC1CC1. The van der Waals surface area contributed by atoms with Crippen molar-refractivity contribution in [1.82, 2.24) is 5.32 Å². The molecule has 0 aromatic carbocycles.